The molecule has 0 aromatic carbocycles. The molecule has 6 heteroatoms. The summed E-state index contributed by atoms with van der Waals surface area (Å²) in [6.45, 7) is 0. The van der Waals surface area contributed by atoms with Crippen LogP contribution < -0.4 is 0 Å². The second-order valence-electron chi connectivity index (χ2n) is 4.13. The lowest BCUT2D eigenvalue weighted by Crippen LogP contribution is -1.92. The molecule has 92 valence electrons. The summed E-state index contributed by atoms with van der Waals surface area (Å²) in [5.74, 6) is 0.568. The van der Waals surface area contributed by atoms with Gasteiger partial charge in [0.15, 0.2) is 17.0 Å². The minimum Gasteiger partial charge on any atom is -0.492 e. The van der Waals surface area contributed by atoms with E-state index < -0.39 is 0 Å². The SMILES string of the molecule is Oc1ccc2ncc(-c3cc4ccncc4o3)n2n1. The summed E-state index contributed by atoms with van der Waals surface area (Å²) in [5.41, 5.74) is 2.03. The molecule has 0 amide bonds. The molecule has 19 heavy (non-hydrogen) atoms. The molecule has 4 rings (SSSR count). The predicted molar refractivity (Wildman–Crippen MR) is 67.7 cm³/mol. The van der Waals surface area contributed by atoms with Crippen LogP contribution in [0.1, 0.15) is 0 Å². The molecular weight excluding hydrogens is 244 g/mol. The first-order chi connectivity index (χ1) is 9.31. The minimum atomic E-state index is -0.0653. The van der Waals surface area contributed by atoms with E-state index in [4.69, 9.17) is 4.42 Å². The lowest BCUT2D eigenvalue weighted by atomic mass is 10.3. The highest BCUT2D eigenvalue weighted by Crippen LogP contribution is 2.27. The maximum Gasteiger partial charge on any atom is 0.229 e. The summed E-state index contributed by atoms with van der Waals surface area (Å²) in [6.07, 6.45) is 5.03. The number of furan rings is 1. The van der Waals surface area contributed by atoms with Gasteiger partial charge in [-0.1, -0.05) is 0 Å². The van der Waals surface area contributed by atoms with Crippen molar-refractivity contribution in [2.24, 2.45) is 0 Å². The fraction of sp³-hybridized carbons (Fsp3) is 0. The van der Waals surface area contributed by atoms with E-state index in [1.165, 1.54) is 6.07 Å². The first-order valence-corrected chi connectivity index (χ1v) is 5.69. The van der Waals surface area contributed by atoms with Crippen LogP contribution in [0, 0.1) is 0 Å². The van der Waals surface area contributed by atoms with Crippen molar-refractivity contribution in [3.05, 3.63) is 42.9 Å². The fourth-order valence-electron chi connectivity index (χ4n) is 2.04. The lowest BCUT2D eigenvalue weighted by molar-refractivity contribution is 0.442. The Bertz CT molecular complexity index is 861. The Morgan fingerprint density at radius 3 is 3.00 bits per heavy atom. The van der Waals surface area contributed by atoms with Crippen LogP contribution >= 0.6 is 0 Å². The van der Waals surface area contributed by atoms with Crippen molar-refractivity contribution < 1.29 is 9.52 Å². The fourth-order valence-corrected chi connectivity index (χ4v) is 2.04. The van der Waals surface area contributed by atoms with E-state index in [1.54, 1.807) is 29.2 Å². The van der Waals surface area contributed by atoms with Crippen molar-refractivity contribution in [3.63, 3.8) is 0 Å². The molecule has 0 saturated carbocycles. The van der Waals surface area contributed by atoms with E-state index >= 15 is 0 Å². The Morgan fingerprint density at radius 1 is 1.16 bits per heavy atom. The van der Waals surface area contributed by atoms with Gasteiger partial charge in [0, 0.05) is 17.6 Å². The van der Waals surface area contributed by atoms with Crippen LogP contribution in [-0.4, -0.2) is 24.7 Å². The van der Waals surface area contributed by atoms with Crippen LogP contribution in [0.4, 0.5) is 0 Å². The molecule has 0 radical (unpaired) electrons. The molecular formula is C13H8N4O2. The third kappa shape index (κ3) is 1.46. The Kier molecular flexibility index (Phi) is 1.88. The number of pyridine rings is 1. The molecule has 0 bridgehead atoms. The molecule has 0 aliphatic rings. The van der Waals surface area contributed by atoms with Crippen molar-refractivity contribution >= 4 is 16.6 Å². The van der Waals surface area contributed by atoms with E-state index in [0.717, 1.165) is 5.39 Å². The average Bonchev–Trinajstić information content (AvgIpc) is 3.00. The van der Waals surface area contributed by atoms with Crippen LogP contribution in [0.3, 0.4) is 0 Å². The smallest absolute Gasteiger partial charge is 0.229 e. The van der Waals surface area contributed by atoms with Gasteiger partial charge < -0.3 is 9.52 Å². The molecule has 6 nitrogen and oxygen atoms in total. The molecule has 0 spiro atoms. The monoisotopic (exact) mass is 252 g/mol. The van der Waals surface area contributed by atoms with Crippen molar-refractivity contribution in [2.45, 2.75) is 0 Å². The number of hydrogen-bond donors (Lipinski definition) is 1. The Balaban J connectivity index is 2.00. The van der Waals surface area contributed by atoms with Gasteiger partial charge in [-0.05, 0) is 18.2 Å². The summed E-state index contributed by atoms with van der Waals surface area (Å²) in [7, 11) is 0. The molecule has 4 aromatic heterocycles. The molecule has 0 aliphatic carbocycles. The largest absolute Gasteiger partial charge is 0.492 e. The van der Waals surface area contributed by atoms with Crippen LogP contribution in [0.5, 0.6) is 5.88 Å². The number of hydrogen-bond acceptors (Lipinski definition) is 5. The van der Waals surface area contributed by atoms with Gasteiger partial charge >= 0.3 is 0 Å². The number of rotatable bonds is 1. The van der Waals surface area contributed by atoms with Gasteiger partial charge in [0.2, 0.25) is 5.88 Å². The molecule has 0 saturated heterocycles. The zero-order valence-corrected chi connectivity index (χ0v) is 9.69. The maximum absolute atomic E-state index is 9.46. The molecule has 4 aromatic rings. The van der Waals surface area contributed by atoms with Crippen molar-refractivity contribution in [3.8, 4) is 17.3 Å². The number of imidazole rings is 1. The van der Waals surface area contributed by atoms with Gasteiger partial charge in [-0.3, -0.25) is 4.98 Å². The van der Waals surface area contributed by atoms with Gasteiger partial charge in [0.1, 0.15) is 5.69 Å². The third-order valence-corrected chi connectivity index (χ3v) is 2.92. The lowest BCUT2D eigenvalue weighted by Gasteiger charge is -1.97. The van der Waals surface area contributed by atoms with Crippen LogP contribution in [0.15, 0.2) is 47.3 Å². The zero-order valence-electron chi connectivity index (χ0n) is 9.69. The van der Waals surface area contributed by atoms with E-state index in [2.05, 4.69) is 15.1 Å². The number of nitrogens with zero attached hydrogens (tertiary/aromatic N) is 4. The summed E-state index contributed by atoms with van der Waals surface area (Å²) < 4.78 is 7.26. The molecule has 4 heterocycles. The number of fused-ring (bicyclic) bond motifs is 2. The quantitative estimate of drug-likeness (QED) is 0.562. The first-order valence-electron chi connectivity index (χ1n) is 5.69. The minimum absolute atomic E-state index is 0.0653. The van der Waals surface area contributed by atoms with Crippen molar-refractivity contribution in [1.82, 2.24) is 19.6 Å². The van der Waals surface area contributed by atoms with Gasteiger partial charge in [-0.2, -0.15) is 0 Å². The van der Waals surface area contributed by atoms with Crippen LogP contribution in [0.2, 0.25) is 0 Å². The topological polar surface area (TPSA) is 76.5 Å². The molecule has 0 fully saturated rings. The third-order valence-electron chi connectivity index (χ3n) is 2.92. The van der Waals surface area contributed by atoms with E-state index in [9.17, 15) is 5.11 Å². The Labute approximate surface area is 107 Å². The zero-order chi connectivity index (χ0) is 12.8. The maximum atomic E-state index is 9.46. The summed E-state index contributed by atoms with van der Waals surface area (Å²) in [6, 6.07) is 6.95. The molecule has 0 atom stereocenters. The van der Waals surface area contributed by atoms with Gasteiger partial charge in [0.25, 0.3) is 0 Å². The summed E-state index contributed by atoms with van der Waals surface area (Å²) in [5, 5.41) is 14.4. The highest BCUT2D eigenvalue weighted by molar-refractivity contribution is 5.81. The Hall–Kier alpha value is -2.89. The molecule has 0 unspecified atom stereocenters. The van der Waals surface area contributed by atoms with Crippen LogP contribution in [-0.2, 0) is 0 Å². The second kappa shape index (κ2) is 3.55. The van der Waals surface area contributed by atoms with E-state index in [0.29, 0.717) is 22.7 Å². The normalized spacial score (nSPS) is 11.4. The van der Waals surface area contributed by atoms with Crippen LogP contribution in [0.25, 0.3) is 28.1 Å². The standard InChI is InChI=1S/C13H8N4O2/c18-13-2-1-12-15-6-9(17(12)16-13)10-5-8-3-4-14-7-11(8)19-10/h1-7H,(H,16,18). The first kappa shape index (κ1) is 10.1. The Morgan fingerprint density at radius 2 is 2.11 bits per heavy atom. The van der Waals surface area contributed by atoms with E-state index in [1.807, 2.05) is 12.1 Å². The average molecular weight is 252 g/mol. The highest BCUT2D eigenvalue weighted by atomic mass is 16.3. The number of aromatic nitrogens is 4. The molecule has 0 aliphatic heterocycles. The summed E-state index contributed by atoms with van der Waals surface area (Å²) >= 11 is 0. The molecule has 1 N–H and O–H groups in total. The van der Waals surface area contributed by atoms with Gasteiger partial charge in [-0.15, -0.1) is 5.10 Å². The van der Waals surface area contributed by atoms with Crippen molar-refractivity contribution in [2.75, 3.05) is 0 Å². The van der Waals surface area contributed by atoms with Gasteiger partial charge in [0.05, 0.1) is 12.4 Å². The van der Waals surface area contributed by atoms with E-state index in [-0.39, 0.29) is 5.88 Å². The number of aromatic hydroxyl groups is 1. The van der Waals surface area contributed by atoms with Gasteiger partial charge in [-0.25, -0.2) is 9.50 Å². The second-order valence-corrected chi connectivity index (χ2v) is 4.13. The van der Waals surface area contributed by atoms with Crippen molar-refractivity contribution in [1.29, 1.82) is 0 Å². The predicted octanol–water partition coefficient (Wildman–Crippen LogP) is 2.24. The summed E-state index contributed by atoms with van der Waals surface area (Å²) in [4.78, 5) is 8.23. The highest BCUT2D eigenvalue weighted by Gasteiger charge is 2.12.